The predicted octanol–water partition coefficient (Wildman–Crippen LogP) is 5.28. The molecular formula is C23H30N4O2S2. The molecule has 0 aliphatic rings. The first kappa shape index (κ1) is 23.5. The summed E-state index contributed by atoms with van der Waals surface area (Å²) in [5.74, 6) is 1.51. The van der Waals surface area contributed by atoms with Gasteiger partial charge in [0.15, 0.2) is 0 Å². The van der Waals surface area contributed by atoms with Gasteiger partial charge < -0.3 is 10.1 Å². The summed E-state index contributed by atoms with van der Waals surface area (Å²) >= 11 is 3.19. The van der Waals surface area contributed by atoms with E-state index >= 15 is 0 Å². The largest absolute Gasteiger partial charge is 0.497 e. The molecule has 6 nitrogen and oxygen atoms in total. The number of rotatable bonds is 9. The lowest BCUT2D eigenvalue weighted by molar-refractivity contribution is -0.115. The van der Waals surface area contributed by atoms with Crippen molar-refractivity contribution in [3.8, 4) is 5.75 Å². The lowest BCUT2D eigenvalue weighted by atomic mass is 10.2. The van der Waals surface area contributed by atoms with E-state index in [9.17, 15) is 4.79 Å². The van der Waals surface area contributed by atoms with E-state index in [1.165, 1.54) is 22.2 Å². The SMILES string of the molecule is CCN(CC)Cc1nc(SC(C)C(=O)Nc2ccc(OC)cc2)c2c(C)c(C)sc2n1. The van der Waals surface area contributed by atoms with E-state index < -0.39 is 0 Å². The number of anilines is 1. The molecule has 0 saturated carbocycles. The van der Waals surface area contributed by atoms with Gasteiger partial charge in [-0.1, -0.05) is 25.6 Å². The summed E-state index contributed by atoms with van der Waals surface area (Å²) in [5, 5.41) is 4.63. The van der Waals surface area contributed by atoms with Crippen molar-refractivity contribution < 1.29 is 9.53 Å². The number of aryl methyl sites for hydroxylation is 2. The third-order valence-electron chi connectivity index (χ3n) is 5.32. The maximum absolute atomic E-state index is 12.8. The third kappa shape index (κ3) is 5.56. The smallest absolute Gasteiger partial charge is 0.237 e. The van der Waals surface area contributed by atoms with E-state index in [1.807, 2.05) is 31.2 Å². The highest BCUT2D eigenvalue weighted by Crippen LogP contribution is 2.37. The van der Waals surface area contributed by atoms with Crippen LogP contribution in [-0.4, -0.2) is 46.2 Å². The molecule has 31 heavy (non-hydrogen) atoms. The molecule has 1 amide bonds. The Balaban J connectivity index is 1.84. The monoisotopic (exact) mass is 458 g/mol. The Hall–Kier alpha value is -2.16. The highest BCUT2D eigenvalue weighted by Gasteiger charge is 2.21. The molecule has 166 valence electrons. The van der Waals surface area contributed by atoms with Crippen LogP contribution in [-0.2, 0) is 11.3 Å². The van der Waals surface area contributed by atoms with Crippen LogP contribution in [0.1, 0.15) is 37.0 Å². The molecule has 1 unspecified atom stereocenters. The van der Waals surface area contributed by atoms with E-state index in [4.69, 9.17) is 14.7 Å². The fourth-order valence-electron chi connectivity index (χ4n) is 3.20. The first-order chi connectivity index (χ1) is 14.9. The highest BCUT2D eigenvalue weighted by atomic mass is 32.2. The van der Waals surface area contributed by atoms with Crippen LogP contribution in [0.15, 0.2) is 29.3 Å². The molecule has 8 heteroatoms. The summed E-state index contributed by atoms with van der Waals surface area (Å²) in [6.07, 6.45) is 0. The molecule has 1 atom stereocenters. The number of thioether (sulfide) groups is 1. The third-order valence-corrected chi connectivity index (χ3v) is 7.50. The Labute approximate surface area is 192 Å². The van der Waals surface area contributed by atoms with Gasteiger partial charge in [0.1, 0.15) is 21.4 Å². The van der Waals surface area contributed by atoms with E-state index in [1.54, 1.807) is 18.4 Å². The number of benzene rings is 1. The van der Waals surface area contributed by atoms with Crippen LogP contribution >= 0.6 is 23.1 Å². The van der Waals surface area contributed by atoms with Crippen LogP contribution in [0.25, 0.3) is 10.2 Å². The highest BCUT2D eigenvalue weighted by molar-refractivity contribution is 8.00. The van der Waals surface area contributed by atoms with Gasteiger partial charge in [0, 0.05) is 16.0 Å². The molecule has 0 aliphatic carbocycles. The van der Waals surface area contributed by atoms with Gasteiger partial charge in [0.05, 0.1) is 18.9 Å². The molecule has 0 spiro atoms. The van der Waals surface area contributed by atoms with Crippen molar-refractivity contribution in [1.29, 1.82) is 0 Å². The van der Waals surface area contributed by atoms with Gasteiger partial charge in [-0.3, -0.25) is 9.69 Å². The molecule has 2 heterocycles. The van der Waals surface area contributed by atoms with Gasteiger partial charge in [-0.15, -0.1) is 11.3 Å². The number of amides is 1. The molecule has 1 aromatic carbocycles. The number of hydrogen-bond acceptors (Lipinski definition) is 7. The van der Waals surface area contributed by atoms with E-state index in [0.29, 0.717) is 6.54 Å². The van der Waals surface area contributed by atoms with Crippen LogP contribution in [0, 0.1) is 13.8 Å². The second-order valence-electron chi connectivity index (χ2n) is 7.35. The number of carbonyl (C=O) groups excluding carboxylic acids is 1. The molecule has 0 aliphatic heterocycles. The van der Waals surface area contributed by atoms with Crippen molar-refractivity contribution in [2.75, 3.05) is 25.5 Å². The summed E-state index contributed by atoms with van der Waals surface area (Å²) in [5.41, 5.74) is 1.94. The number of thiophene rings is 1. The van der Waals surface area contributed by atoms with Crippen molar-refractivity contribution >= 4 is 44.9 Å². The van der Waals surface area contributed by atoms with Crippen molar-refractivity contribution in [3.63, 3.8) is 0 Å². The predicted molar refractivity (Wildman–Crippen MR) is 130 cm³/mol. The number of fused-ring (bicyclic) bond motifs is 1. The molecule has 3 aromatic rings. The first-order valence-corrected chi connectivity index (χ1v) is 12.2. The van der Waals surface area contributed by atoms with Gasteiger partial charge in [-0.05, 0) is 63.7 Å². The summed E-state index contributed by atoms with van der Waals surface area (Å²) in [6, 6.07) is 7.34. The van der Waals surface area contributed by atoms with Gasteiger partial charge in [0.25, 0.3) is 0 Å². The van der Waals surface area contributed by atoms with Crippen LogP contribution in [0.4, 0.5) is 5.69 Å². The number of hydrogen-bond donors (Lipinski definition) is 1. The maximum atomic E-state index is 12.8. The molecule has 3 rings (SSSR count). The molecular weight excluding hydrogens is 428 g/mol. The van der Waals surface area contributed by atoms with Crippen molar-refractivity contribution in [3.05, 3.63) is 40.5 Å². The zero-order valence-corrected chi connectivity index (χ0v) is 20.6. The molecule has 2 aromatic heterocycles. The fraction of sp³-hybridized carbons (Fsp3) is 0.435. The molecule has 1 N–H and O–H groups in total. The van der Waals surface area contributed by atoms with E-state index in [2.05, 4.69) is 37.9 Å². The summed E-state index contributed by atoms with van der Waals surface area (Å²) < 4.78 is 5.18. The number of aromatic nitrogens is 2. The summed E-state index contributed by atoms with van der Waals surface area (Å²) in [4.78, 5) is 27.1. The van der Waals surface area contributed by atoms with Crippen LogP contribution in [0.5, 0.6) is 5.75 Å². The van der Waals surface area contributed by atoms with Crippen LogP contribution in [0.2, 0.25) is 0 Å². The Kier molecular flexibility index (Phi) is 7.91. The van der Waals surface area contributed by atoms with Crippen molar-refractivity contribution in [2.24, 2.45) is 0 Å². The Morgan fingerprint density at radius 1 is 1.19 bits per heavy atom. The average Bonchev–Trinajstić information content (AvgIpc) is 3.06. The van der Waals surface area contributed by atoms with E-state index in [-0.39, 0.29) is 11.2 Å². The molecule has 0 fully saturated rings. The minimum atomic E-state index is -0.305. The minimum absolute atomic E-state index is 0.0585. The standard InChI is InChI=1S/C23H30N4O2S2/c1-7-27(8-2)13-19-25-22-20(14(3)15(4)30-22)23(26-19)31-16(5)21(28)24-17-9-11-18(29-6)12-10-17/h9-12,16H,7-8,13H2,1-6H3,(H,24,28). The summed E-state index contributed by atoms with van der Waals surface area (Å²) in [6.45, 7) is 13.0. The van der Waals surface area contributed by atoms with Crippen molar-refractivity contribution in [1.82, 2.24) is 14.9 Å². The second kappa shape index (κ2) is 10.4. The quantitative estimate of drug-likeness (QED) is 0.348. The summed E-state index contributed by atoms with van der Waals surface area (Å²) in [7, 11) is 1.62. The van der Waals surface area contributed by atoms with Gasteiger partial charge >= 0.3 is 0 Å². The van der Waals surface area contributed by atoms with Gasteiger partial charge in [-0.2, -0.15) is 0 Å². The van der Waals surface area contributed by atoms with Crippen LogP contribution in [0.3, 0.4) is 0 Å². The second-order valence-corrected chi connectivity index (χ2v) is 9.88. The minimum Gasteiger partial charge on any atom is -0.497 e. The zero-order valence-electron chi connectivity index (χ0n) is 19.0. The normalized spacial score (nSPS) is 12.4. The Morgan fingerprint density at radius 3 is 2.48 bits per heavy atom. The average molecular weight is 459 g/mol. The number of nitrogens with one attached hydrogen (secondary N) is 1. The van der Waals surface area contributed by atoms with Crippen molar-refractivity contribution in [2.45, 2.75) is 51.4 Å². The maximum Gasteiger partial charge on any atom is 0.237 e. The first-order valence-electron chi connectivity index (χ1n) is 10.5. The Morgan fingerprint density at radius 2 is 1.87 bits per heavy atom. The fourth-order valence-corrected chi connectivity index (χ4v) is 5.34. The molecule has 0 bridgehead atoms. The zero-order chi connectivity index (χ0) is 22.5. The van der Waals surface area contributed by atoms with Gasteiger partial charge in [-0.25, -0.2) is 9.97 Å². The Bertz CT molecular complexity index is 1050. The topological polar surface area (TPSA) is 67.4 Å². The number of methoxy groups -OCH3 is 1. The lowest BCUT2D eigenvalue weighted by Gasteiger charge is -2.18. The molecule has 0 saturated heterocycles. The number of carbonyl (C=O) groups is 1. The lowest BCUT2D eigenvalue weighted by Crippen LogP contribution is -2.24. The molecule has 0 radical (unpaired) electrons. The number of nitrogens with zero attached hydrogens (tertiary/aromatic N) is 3. The van der Waals surface area contributed by atoms with Gasteiger partial charge in [0.2, 0.25) is 5.91 Å². The number of ether oxygens (including phenoxy) is 1. The van der Waals surface area contributed by atoms with E-state index in [0.717, 1.165) is 45.6 Å². The van der Waals surface area contributed by atoms with Crippen LogP contribution < -0.4 is 10.1 Å².